The molecule has 0 radical (unpaired) electrons. The van der Waals surface area contributed by atoms with Crippen molar-refractivity contribution in [3.63, 3.8) is 0 Å². The second kappa shape index (κ2) is 10.3. The molecule has 2 aromatic carbocycles. The van der Waals surface area contributed by atoms with Crippen LogP contribution in [0.5, 0.6) is 11.5 Å². The lowest BCUT2D eigenvalue weighted by atomic mass is 10.1. The molecule has 1 saturated heterocycles. The molecule has 1 amide bonds. The molecule has 0 bridgehead atoms. The zero-order valence-corrected chi connectivity index (χ0v) is 18.6. The lowest BCUT2D eigenvalue weighted by Crippen LogP contribution is -2.51. The van der Waals surface area contributed by atoms with Gasteiger partial charge in [0.2, 0.25) is 0 Å². The van der Waals surface area contributed by atoms with Crippen LogP contribution in [0.3, 0.4) is 0 Å². The largest absolute Gasteiger partial charge is 0.496 e. The second-order valence-electron chi connectivity index (χ2n) is 7.64. The maximum absolute atomic E-state index is 12.8. The van der Waals surface area contributed by atoms with Gasteiger partial charge in [0.05, 0.1) is 19.8 Å². The number of hydrogen-bond donors (Lipinski definition) is 0. The molecule has 1 unspecified atom stereocenters. The molecule has 1 aliphatic rings. The summed E-state index contributed by atoms with van der Waals surface area (Å²) in [5.41, 5.74) is 2.33. The van der Waals surface area contributed by atoms with Gasteiger partial charge in [-0.05, 0) is 31.5 Å². The van der Waals surface area contributed by atoms with Gasteiger partial charge in [0.1, 0.15) is 11.5 Å². The number of rotatable bonds is 7. The van der Waals surface area contributed by atoms with Gasteiger partial charge >= 0.3 is 5.97 Å². The molecule has 31 heavy (non-hydrogen) atoms. The number of ether oxygens (including phenoxy) is 3. The first-order valence-corrected chi connectivity index (χ1v) is 10.4. The minimum Gasteiger partial charge on any atom is -0.496 e. The minimum absolute atomic E-state index is 0.182. The van der Waals surface area contributed by atoms with Gasteiger partial charge in [0.15, 0.2) is 6.10 Å². The minimum atomic E-state index is -0.869. The number of carbonyl (C=O) groups is 2. The van der Waals surface area contributed by atoms with E-state index in [0.717, 1.165) is 25.2 Å². The van der Waals surface area contributed by atoms with Crippen molar-refractivity contribution < 1.29 is 23.8 Å². The molecular weight excluding hydrogens is 396 g/mol. The standard InChI is InChI=1S/C24H30N2O5/c1-17-21(29-3)14-20(15-22(17)30-4)24(28)31-18(2)23(27)26-12-10-25(11-13-26)16-19-8-6-5-7-9-19/h5-9,14-15,18H,10-13,16H2,1-4H3. The van der Waals surface area contributed by atoms with Crippen molar-refractivity contribution in [1.82, 2.24) is 9.80 Å². The normalized spacial score (nSPS) is 15.3. The Labute approximate surface area is 183 Å². The molecule has 0 aliphatic carbocycles. The van der Waals surface area contributed by atoms with Crippen molar-refractivity contribution in [1.29, 1.82) is 0 Å². The van der Waals surface area contributed by atoms with Gasteiger partial charge < -0.3 is 19.1 Å². The molecule has 2 aromatic rings. The third-order valence-electron chi connectivity index (χ3n) is 5.55. The summed E-state index contributed by atoms with van der Waals surface area (Å²) in [4.78, 5) is 29.5. The van der Waals surface area contributed by atoms with Crippen LogP contribution in [0.1, 0.15) is 28.4 Å². The Bertz CT molecular complexity index is 882. The molecule has 7 heteroatoms. The van der Waals surface area contributed by atoms with Crippen LogP contribution < -0.4 is 9.47 Å². The van der Waals surface area contributed by atoms with Crippen LogP contribution in [0.15, 0.2) is 42.5 Å². The Balaban J connectivity index is 1.55. The molecule has 0 saturated carbocycles. The van der Waals surface area contributed by atoms with E-state index in [1.807, 2.05) is 25.1 Å². The summed E-state index contributed by atoms with van der Waals surface area (Å²) in [5.74, 6) is 0.290. The Hall–Kier alpha value is -3.06. The van der Waals surface area contributed by atoms with Crippen LogP contribution in [-0.2, 0) is 16.1 Å². The summed E-state index contributed by atoms with van der Waals surface area (Å²) >= 11 is 0. The highest BCUT2D eigenvalue weighted by Gasteiger charge is 2.28. The Morgan fingerprint density at radius 2 is 1.55 bits per heavy atom. The maximum atomic E-state index is 12.8. The monoisotopic (exact) mass is 426 g/mol. The van der Waals surface area contributed by atoms with Crippen LogP contribution in [0.2, 0.25) is 0 Å². The molecule has 3 rings (SSSR count). The average molecular weight is 427 g/mol. The number of nitrogens with zero attached hydrogens (tertiary/aromatic N) is 2. The third-order valence-corrected chi connectivity index (χ3v) is 5.55. The van der Waals surface area contributed by atoms with Gasteiger partial charge in [-0.3, -0.25) is 9.69 Å². The van der Waals surface area contributed by atoms with Crippen molar-refractivity contribution >= 4 is 11.9 Å². The predicted octanol–water partition coefficient (Wildman–Crippen LogP) is 2.90. The number of esters is 1. The smallest absolute Gasteiger partial charge is 0.339 e. The average Bonchev–Trinajstić information content (AvgIpc) is 2.79. The van der Waals surface area contributed by atoms with E-state index in [2.05, 4.69) is 17.0 Å². The van der Waals surface area contributed by atoms with Gasteiger partial charge in [0, 0.05) is 38.3 Å². The van der Waals surface area contributed by atoms with E-state index in [9.17, 15) is 9.59 Å². The topological polar surface area (TPSA) is 68.3 Å². The van der Waals surface area contributed by atoms with E-state index in [0.29, 0.717) is 24.6 Å². The van der Waals surface area contributed by atoms with E-state index < -0.39 is 12.1 Å². The van der Waals surface area contributed by atoms with Gasteiger partial charge in [0.25, 0.3) is 5.91 Å². The van der Waals surface area contributed by atoms with E-state index in [4.69, 9.17) is 14.2 Å². The van der Waals surface area contributed by atoms with E-state index >= 15 is 0 Å². The van der Waals surface area contributed by atoms with Crippen molar-refractivity contribution in [3.05, 3.63) is 59.2 Å². The molecular formula is C24H30N2O5. The Morgan fingerprint density at radius 3 is 2.10 bits per heavy atom. The molecule has 166 valence electrons. The van der Waals surface area contributed by atoms with Crippen molar-refractivity contribution in [2.45, 2.75) is 26.5 Å². The van der Waals surface area contributed by atoms with E-state index in [1.165, 1.54) is 19.8 Å². The third kappa shape index (κ3) is 5.55. The molecule has 1 fully saturated rings. The molecule has 1 atom stereocenters. The molecule has 1 aliphatic heterocycles. The Kier molecular flexibility index (Phi) is 7.52. The van der Waals surface area contributed by atoms with Crippen LogP contribution >= 0.6 is 0 Å². The fourth-order valence-corrected chi connectivity index (χ4v) is 3.71. The fraction of sp³-hybridized carbons (Fsp3) is 0.417. The maximum Gasteiger partial charge on any atom is 0.339 e. The number of benzene rings is 2. The molecule has 0 spiro atoms. The summed E-state index contributed by atoms with van der Waals surface area (Å²) in [5, 5.41) is 0. The van der Waals surface area contributed by atoms with Crippen molar-refractivity contribution in [3.8, 4) is 11.5 Å². The zero-order chi connectivity index (χ0) is 22.4. The highest BCUT2D eigenvalue weighted by atomic mass is 16.5. The second-order valence-corrected chi connectivity index (χ2v) is 7.64. The van der Waals surface area contributed by atoms with E-state index in [1.54, 1.807) is 24.0 Å². The number of carbonyl (C=O) groups excluding carboxylic acids is 2. The van der Waals surface area contributed by atoms with Crippen LogP contribution in [0, 0.1) is 6.92 Å². The Morgan fingerprint density at radius 1 is 0.968 bits per heavy atom. The van der Waals surface area contributed by atoms with Crippen molar-refractivity contribution in [2.24, 2.45) is 0 Å². The summed E-state index contributed by atoms with van der Waals surface area (Å²) in [6.45, 7) is 7.11. The van der Waals surface area contributed by atoms with Crippen molar-refractivity contribution in [2.75, 3.05) is 40.4 Å². The summed E-state index contributed by atoms with van der Waals surface area (Å²) < 4.78 is 16.1. The van der Waals surface area contributed by atoms with E-state index in [-0.39, 0.29) is 11.5 Å². The fourth-order valence-electron chi connectivity index (χ4n) is 3.71. The predicted molar refractivity (Wildman–Crippen MR) is 117 cm³/mol. The number of methoxy groups -OCH3 is 2. The summed E-state index contributed by atoms with van der Waals surface area (Å²) in [7, 11) is 3.06. The van der Waals surface area contributed by atoms with Gasteiger partial charge in [-0.2, -0.15) is 0 Å². The molecule has 0 aromatic heterocycles. The van der Waals surface area contributed by atoms with Gasteiger partial charge in [-0.25, -0.2) is 4.79 Å². The highest BCUT2D eigenvalue weighted by Crippen LogP contribution is 2.30. The van der Waals surface area contributed by atoms with Crippen LogP contribution in [-0.4, -0.2) is 68.2 Å². The van der Waals surface area contributed by atoms with Crippen LogP contribution in [0.25, 0.3) is 0 Å². The summed E-state index contributed by atoms with van der Waals surface area (Å²) in [6, 6.07) is 13.5. The lowest BCUT2D eigenvalue weighted by molar-refractivity contribution is -0.141. The highest BCUT2D eigenvalue weighted by molar-refractivity contribution is 5.93. The molecule has 1 heterocycles. The molecule has 0 N–H and O–H groups in total. The number of amides is 1. The first-order valence-electron chi connectivity index (χ1n) is 10.4. The first-order chi connectivity index (χ1) is 14.9. The van der Waals surface area contributed by atoms with Gasteiger partial charge in [-0.15, -0.1) is 0 Å². The zero-order valence-electron chi connectivity index (χ0n) is 18.6. The lowest BCUT2D eigenvalue weighted by Gasteiger charge is -2.35. The van der Waals surface area contributed by atoms with Gasteiger partial charge in [-0.1, -0.05) is 30.3 Å². The first kappa shape index (κ1) is 22.6. The quantitative estimate of drug-likeness (QED) is 0.634. The SMILES string of the molecule is COc1cc(C(=O)OC(C)C(=O)N2CCN(Cc3ccccc3)CC2)cc(OC)c1C. The molecule has 7 nitrogen and oxygen atoms in total. The number of piperazine rings is 1. The summed E-state index contributed by atoms with van der Waals surface area (Å²) in [6.07, 6.45) is -0.869. The van der Waals surface area contributed by atoms with Crippen LogP contribution in [0.4, 0.5) is 0 Å². The number of hydrogen-bond acceptors (Lipinski definition) is 6.